The molecule has 9 nitrogen and oxygen atoms in total. The largest absolute Gasteiger partial charge is 0.402 e. The summed E-state index contributed by atoms with van der Waals surface area (Å²) in [7, 11) is 0. The summed E-state index contributed by atoms with van der Waals surface area (Å²) in [6, 6.07) is 1.59. The molecule has 0 spiro atoms. The quantitative estimate of drug-likeness (QED) is 0.361. The van der Waals surface area contributed by atoms with Crippen LogP contribution in [0.15, 0.2) is 41.2 Å². The van der Waals surface area contributed by atoms with Crippen molar-refractivity contribution >= 4 is 35.0 Å². The number of aldehydes is 1. The van der Waals surface area contributed by atoms with Gasteiger partial charge in [0.1, 0.15) is 11.2 Å². The molecule has 2 rings (SSSR count). The van der Waals surface area contributed by atoms with E-state index in [2.05, 4.69) is 20.3 Å². The monoisotopic (exact) mass is 370 g/mol. The number of anilines is 1. The van der Waals surface area contributed by atoms with Gasteiger partial charge >= 0.3 is 0 Å². The lowest BCUT2D eigenvalue weighted by Crippen LogP contribution is -2.24. The van der Waals surface area contributed by atoms with Crippen molar-refractivity contribution < 1.29 is 14.7 Å². The number of amides is 1. The number of nitrogens with zero attached hydrogens (tertiary/aromatic N) is 4. The predicted molar refractivity (Wildman–Crippen MR) is 104 cm³/mol. The fourth-order valence-electron chi connectivity index (χ4n) is 2.35. The Bertz CT molecular complexity index is 923. The first-order chi connectivity index (χ1) is 13.0. The first-order valence-corrected chi connectivity index (χ1v) is 8.37. The molecule has 0 saturated carbocycles. The van der Waals surface area contributed by atoms with Gasteiger partial charge in [0, 0.05) is 30.5 Å². The van der Waals surface area contributed by atoms with Crippen molar-refractivity contribution in [3.8, 4) is 0 Å². The van der Waals surface area contributed by atoms with E-state index in [0.717, 1.165) is 0 Å². The summed E-state index contributed by atoms with van der Waals surface area (Å²) in [5, 5.41) is 11.6. The number of fused-ring (bicyclic) bond motifs is 1. The first kappa shape index (κ1) is 20.0. The fourth-order valence-corrected chi connectivity index (χ4v) is 2.35. The number of allylic oxidation sites excluding steroid dienone is 2. The maximum Gasteiger partial charge on any atom is 0.276 e. The summed E-state index contributed by atoms with van der Waals surface area (Å²) in [4.78, 5) is 36.3. The van der Waals surface area contributed by atoms with Crippen LogP contribution >= 0.6 is 0 Å². The number of pyridine rings is 1. The van der Waals surface area contributed by atoms with E-state index in [9.17, 15) is 9.59 Å². The summed E-state index contributed by atoms with van der Waals surface area (Å²) in [5.41, 5.74) is 7.64. The summed E-state index contributed by atoms with van der Waals surface area (Å²) >= 11 is 0. The van der Waals surface area contributed by atoms with Crippen LogP contribution in [0.2, 0.25) is 0 Å². The summed E-state index contributed by atoms with van der Waals surface area (Å²) in [6.07, 6.45) is 6.88. The standard InChI is InChI=1S/C18H22N6O3/c1-3-20-15(8-12(2)19)17(27)23-18-22-14-9-13(11-26)10-21-16(14)24(18)6-4-5-7-25/h4-5,8-11,25H,3,6-7,19H2,1-2H3,(H,22,23,27)/b5-4+,12-8-,20-15?. The van der Waals surface area contributed by atoms with Crippen molar-refractivity contribution in [2.24, 2.45) is 10.7 Å². The zero-order valence-electron chi connectivity index (χ0n) is 15.2. The van der Waals surface area contributed by atoms with Gasteiger partial charge in [-0.2, -0.15) is 0 Å². The second-order valence-corrected chi connectivity index (χ2v) is 5.63. The van der Waals surface area contributed by atoms with E-state index in [4.69, 9.17) is 10.8 Å². The first-order valence-electron chi connectivity index (χ1n) is 8.37. The van der Waals surface area contributed by atoms with Crippen LogP contribution in [0.5, 0.6) is 0 Å². The van der Waals surface area contributed by atoms with Crippen molar-refractivity contribution in [1.29, 1.82) is 0 Å². The third-order valence-electron chi connectivity index (χ3n) is 3.45. The van der Waals surface area contributed by atoms with E-state index in [0.29, 0.717) is 41.8 Å². The van der Waals surface area contributed by atoms with Gasteiger partial charge in [-0.15, -0.1) is 0 Å². The molecule has 0 unspecified atom stereocenters. The molecule has 0 aliphatic heterocycles. The van der Waals surface area contributed by atoms with Crippen LogP contribution in [0.25, 0.3) is 11.2 Å². The second-order valence-electron chi connectivity index (χ2n) is 5.63. The minimum Gasteiger partial charge on any atom is -0.402 e. The molecule has 9 heteroatoms. The van der Waals surface area contributed by atoms with Crippen LogP contribution < -0.4 is 11.1 Å². The van der Waals surface area contributed by atoms with Gasteiger partial charge in [-0.1, -0.05) is 12.2 Å². The van der Waals surface area contributed by atoms with Crippen LogP contribution in [0.4, 0.5) is 5.95 Å². The molecule has 0 saturated heterocycles. The fraction of sp³-hybridized carbons (Fsp3) is 0.278. The molecule has 1 amide bonds. The highest BCUT2D eigenvalue weighted by Crippen LogP contribution is 2.19. The SMILES string of the molecule is CCN=C(/C=C(/C)N)C(=O)Nc1nc2cc(C=O)cnc2n1C/C=C/CO. The number of aliphatic imine (C=N–C) groups is 1. The predicted octanol–water partition coefficient (Wildman–Crippen LogP) is 1.05. The highest BCUT2D eigenvalue weighted by atomic mass is 16.2. The number of aliphatic hydroxyl groups is 1. The van der Waals surface area contributed by atoms with Gasteiger partial charge in [0.2, 0.25) is 5.95 Å². The van der Waals surface area contributed by atoms with E-state index >= 15 is 0 Å². The smallest absolute Gasteiger partial charge is 0.276 e. The number of hydrogen-bond donors (Lipinski definition) is 3. The van der Waals surface area contributed by atoms with Gasteiger partial charge in [0.05, 0.1) is 6.61 Å². The molecule has 2 heterocycles. The molecule has 0 bridgehead atoms. The number of aliphatic hydroxyl groups excluding tert-OH is 1. The van der Waals surface area contributed by atoms with E-state index in [-0.39, 0.29) is 18.3 Å². The number of carbonyl (C=O) groups is 2. The van der Waals surface area contributed by atoms with Crippen LogP contribution in [0.1, 0.15) is 24.2 Å². The van der Waals surface area contributed by atoms with Gasteiger partial charge in [0.25, 0.3) is 5.91 Å². The molecule has 0 aliphatic rings. The topological polar surface area (TPSA) is 135 Å². The van der Waals surface area contributed by atoms with Gasteiger partial charge in [0.15, 0.2) is 11.9 Å². The Morgan fingerprint density at radius 3 is 2.85 bits per heavy atom. The molecule has 0 radical (unpaired) electrons. The molecule has 0 aliphatic carbocycles. The zero-order valence-corrected chi connectivity index (χ0v) is 15.2. The van der Waals surface area contributed by atoms with Gasteiger partial charge < -0.3 is 10.8 Å². The summed E-state index contributed by atoms with van der Waals surface area (Å²) < 4.78 is 1.66. The number of imidazole rings is 1. The van der Waals surface area contributed by atoms with Gasteiger partial charge in [-0.05, 0) is 26.0 Å². The molecule has 0 fully saturated rings. The number of nitrogens with one attached hydrogen (secondary N) is 1. The molecule has 0 aromatic carbocycles. The Hall–Kier alpha value is -3.33. The Morgan fingerprint density at radius 1 is 1.44 bits per heavy atom. The van der Waals surface area contributed by atoms with Crippen LogP contribution in [-0.2, 0) is 11.3 Å². The average molecular weight is 370 g/mol. The van der Waals surface area contributed by atoms with Gasteiger partial charge in [-0.25, -0.2) is 9.97 Å². The minimum absolute atomic E-state index is 0.106. The van der Waals surface area contributed by atoms with E-state index < -0.39 is 5.91 Å². The summed E-state index contributed by atoms with van der Waals surface area (Å²) in [5.74, 6) is -0.208. The number of rotatable bonds is 8. The normalized spacial score (nSPS) is 12.7. The second kappa shape index (κ2) is 9.39. The number of carbonyl (C=O) groups excluding carboxylic acids is 2. The Kier molecular flexibility index (Phi) is 6.95. The highest BCUT2D eigenvalue weighted by Gasteiger charge is 2.16. The Labute approximate surface area is 156 Å². The lowest BCUT2D eigenvalue weighted by Gasteiger charge is -2.08. The van der Waals surface area contributed by atoms with Gasteiger partial charge in [-0.3, -0.25) is 24.5 Å². The molecule has 0 atom stereocenters. The van der Waals surface area contributed by atoms with E-state index in [1.807, 2.05) is 6.92 Å². The zero-order chi connectivity index (χ0) is 19.8. The van der Waals surface area contributed by atoms with Crippen LogP contribution in [-0.4, -0.2) is 50.7 Å². The number of hydrogen-bond acceptors (Lipinski definition) is 7. The van der Waals surface area contributed by atoms with Crippen LogP contribution in [0.3, 0.4) is 0 Å². The molecule has 142 valence electrons. The molecule has 2 aromatic heterocycles. The lowest BCUT2D eigenvalue weighted by atomic mass is 10.3. The van der Waals surface area contributed by atoms with Crippen molar-refractivity contribution in [2.75, 3.05) is 18.5 Å². The molecular formula is C18H22N6O3. The summed E-state index contributed by atoms with van der Waals surface area (Å²) in [6.45, 7) is 4.12. The number of aromatic nitrogens is 3. The molecular weight excluding hydrogens is 348 g/mol. The highest BCUT2D eigenvalue weighted by molar-refractivity contribution is 6.47. The van der Waals surface area contributed by atoms with Crippen molar-refractivity contribution in [2.45, 2.75) is 20.4 Å². The van der Waals surface area contributed by atoms with E-state index in [1.54, 1.807) is 29.7 Å². The molecule has 2 aromatic rings. The lowest BCUT2D eigenvalue weighted by molar-refractivity contribution is -0.110. The maximum absolute atomic E-state index is 12.6. The number of nitrogens with two attached hydrogens (primary N) is 1. The minimum atomic E-state index is -0.458. The van der Waals surface area contributed by atoms with Crippen molar-refractivity contribution in [3.05, 3.63) is 41.8 Å². The van der Waals surface area contributed by atoms with Crippen LogP contribution in [0, 0.1) is 0 Å². The average Bonchev–Trinajstić information content (AvgIpc) is 2.97. The third kappa shape index (κ3) is 5.08. The maximum atomic E-state index is 12.6. The molecule has 4 N–H and O–H groups in total. The Morgan fingerprint density at radius 2 is 2.22 bits per heavy atom. The van der Waals surface area contributed by atoms with Crippen molar-refractivity contribution in [3.63, 3.8) is 0 Å². The Balaban J connectivity index is 2.45. The third-order valence-corrected chi connectivity index (χ3v) is 3.45. The van der Waals surface area contributed by atoms with E-state index in [1.165, 1.54) is 12.3 Å². The molecule has 27 heavy (non-hydrogen) atoms. The van der Waals surface area contributed by atoms with Crippen molar-refractivity contribution in [1.82, 2.24) is 14.5 Å².